The normalized spacial score (nSPS) is 14.2. The Hall–Kier alpha value is -6.08. The maximum Gasteiger partial charge on any atom is 0.305 e. The van der Waals surface area contributed by atoms with Gasteiger partial charge in [0.15, 0.2) is 5.96 Å². The van der Waals surface area contributed by atoms with Gasteiger partial charge in [0, 0.05) is 56.2 Å². The van der Waals surface area contributed by atoms with Gasteiger partial charge in [-0.05, 0) is 48.4 Å². The summed E-state index contributed by atoms with van der Waals surface area (Å²) in [4.78, 5) is 61.4. The molecule has 0 spiro atoms. The Bertz CT molecular complexity index is 1930. The molecule has 4 rings (SSSR count). The molecule has 18 nitrogen and oxygen atoms in total. The number of nitrogens with two attached hydrogens (primary N) is 2. The van der Waals surface area contributed by atoms with Gasteiger partial charge in [-0.1, -0.05) is 18.2 Å². The van der Waals surface area contributed by atoms with Crippen LogP contribution in [0.4, 0.5) is 11.5 Å². The number of rotatable bonds is 15. The minimum absolute atomic E-state index is 0.0821. The highest BCUT2D eigenvalue weighted by Gasteiger charge is 2.31. The number of carboxylic acids is 1. The van der Waals surface area contributed by atoms with Crippen molar-refractivity contribution >= 4 is 57.5 Å². The van der Waals surface area contributed by atoms with Crippen molar-refractivity contribution in [2.24, 2.45) is 21.6 Å². The first kappa shape index (κ1) is 37.7. The fourth-order valence-electron chi connectivity index (χ4n) is 5.06. The van der Waals surface area contributed by atoms with Gasteiger partial charge in [0.25, 0.3) is 21.9 Å². The van der Waals surface area contributed by atoms with Gasteiger partial charge >= 0.3 is 5.97 Å². The van der Waals surface area contributed by atoms with E-state index in [2.05, 4.69) is 31.1 Å². The number of pyridine rings is 1. The van der Waals surface area contributed by atoms with E-state index in [-0.39, 0.29) is 66.4 Å². The van der Waals surface area contributed by atoms with Crippen LogP contribution < -0.4 is 27.5 Å². The number of hydrogen-bond donors (Lipinski definition) is 7. The van der Waals surface area contributed by atoms with Gasteiger partial charge in [-0.25, -0.2) is 4.98 Å². The summed E-state index contributed by atoms with van der Waals surface area (Å²) >= 11 is 0. The minimum atomic E-state index is -4.44. The zero-order valence-electron chi connectivity index (χ0n) is 27.5. The largest absolute Gasteiger partial charge is 0.481 e. The second-order valence-corrected chi connectivity index (χ2v) is 12.8. The van der Waals surface area contributed by atoms with E-state index < -0.39 is 40.4 Å². The average Bonchev–Trinajstić information content (AvgIpc) is 3.21. The van der Waals surface area contributed by atoms with Crippen LogP contribution in [0.2, 0.25) is 0 Å². The van der Waals surface area contributed by atoms with Gasteiger partial charge in [-0.3, -0.25) is 34.1 Å². The van der Waals surface area contributed by atoms with Gasteiger partial charge in [-0.2, -0.15) is 13.5 Å². The third-order valence-electron chi connectivity index (χ3n) is 7.60. The quantitative estimate of drug-likeness (QED) is 0.0371. The van der Waals surface area contributed by atoms with E-state index in [0.717, 1.165) is 0 Å². The summed E-state index contributed by atoms with van der Waals surface area (Å²) in [5, 5.41) is 19.2. The molecule has 3 amide bonds. The molecule has 19 heteroatoms. The summed E-state index contributed by atoms with van der Waals surface area (Å²) in [5.41, 5.74) is 15.2. The Labute approximate surface area is 293 Å². The number of hydrogen-bond acceptors (Lipinski definition) is 11. The predicted molar refractivity (Wildman–Crippen MR) is 188 cm³/mol. The lowest BCUT2D eigenvalue weighted by Crippen LogP contribution is -2.42. The number of hydrazone groups is 1. The zero-order chi connectivity index (χ0) is 37.1. The van der Waals surface area contributed by atoms with Crippen LogP contribution in [0.25, 0.3) is 0 Å². The molecule has 1 aliphatic rings. The summed E-state index contributed by atoms with van der Waals surface area (Å²) in [6, 6.07) is 12.6. The van der Waals surface area contributed by atoms with Crippen LogP contribution in [-0.4, -0.2) is 108 Å². The second-order valence-electron chi connectivity index (χ2n) is 11.4. The molecule has 0 aliphatic carbocycles. The topological polar surface area (TPSA) is 275 Å². The van der Waals surface area contributed by atoms with E-state index in [9.17, 15) is 37.3 Å². The molecule has 9 N–H and O–H groups in total. The number of nitrogens with one attached hydrogen (secondary N) is 3. The van der Waals surface area contributed by atoms with Crippen molar-refractivity contribution in [2.45, 2.75) is 30.3 Å². The summed E-state index contributed by atoms with van der Waals surface area (Å²) in [5.74, 6) is -2.12. The average molecular weight is 723 g/mol. The highest BCUT2D eigenvalue weighted by molar-refractivity contribution is 7.86. The molecule has 2 heterocycles. The van der Waals surface area contributed by atoms with Crippen LogP contribution in [0, 0.1) is 0 Å². The Kier molecular flexibility index (Phi) is 12.6. The number of nitrogens with zero attached hydrogens (tertiary/aromatic N) is 5. The number of benzene rings is 2. The minimum Gasteiger partial charge on any atom is -0.481 e. The molecule has 0 fully saturated rings. The van der Waals surface area contributed by atoms with Gasteiger partial charge in [0.05, 0.1) is 24.7 Å². The molecule has 1 aliphatic heterocycles. The third kappa shape index (κ3) is 10.7. The Morgan fingerprint density at radius 2 is 1.88 bits per heavy atom. The molecular weight excluding hydrogens is 684 g/mol. The first-order valence-electron chi connectivity index (χ1n) is 15.5. The molecule has 51 heavy (non-hydrogen) atoms. The number of aliphatic imine (C=N–C) groups is 1. The summed E-state index contributed by atoms with van der Waals surface area (Å²) in [6.45, 7) is 0.967. The van der Waals surface area contributed by atoms with Crippen molar-refractivity contribution in [3.05, 3.63) is 83.0 Å². The lowest BCUT2D eigenvalue weighted by atomic mass is 10.1. The van der Waals surface area contributed by atoms with Crippen molar-refractivity contribution in [3.63, 3.8) is 0 Å². The Morgan fingerprint density at radius 1 is 1.14 bits per heavy atom. The molecule has 270 valence electrons. The molecule has 1 unspecified atom stereocenters. The van der Waals surface area contributed by atoms with Crippen LogP contribution in [0.3, 0.4) is 0 Å². The van der Waals surface area contributed by atoms with Gasteiger partial charge in [0.1, 0.15) is 16.8 Å². The first-order valence-corrected chi connectivity index (χ1v) is 17.0. The number of likely N-dealkylation sites (N-methyl/N-ethyl adjacent to an activating group) is 1. The summed E-state index contributed by atoms with van der Waals surface area (Å²) in [6.07, 6.45) is 2.40. The van der Waals surface area contributed by atoms with E-state index in [4.69, 9.17) is 11.5 Å². The van der Waals surface area contributed by atoms with Gasteiger partial charge in [-0.15, -0.1) is 0 Å². The molecule has 1 atom stereocenters. The molecule has 0 bridgehead atoms. The lowest BCUT2D eigenvalue weighted by Gasteiger charge is -2.24. The lowest BCUT2D eigenvalue weighted by molar-refractivity contribution is -0.141. The molecular formula is C32H38N10O8S. The molecule has 0 radical (unpaired) electrons. The maximum atomic E-state index is 13.4. The molecule has 3 aromatic rings. The van der Waals surface area contributed by atoms with E-state index in [1.54, 1.807) is 31.3 Å². The standard InChI is InChI=1S/C32H38N10O8S/c1-41(14-12-36-32(33)34)30(46)20-7-9-24-23(15-20)19-42(31(47)25(39-24)16-28(43)44)13-4-11-35-29(45)22-8-10-27(37-17-22)40-38-18-21-5-2-3-6-26(21)51(48,49)50/h2-3,5-10,15,17-18,25,39H,4,11-14,16,19H2,1H3,(H,35,45)(H,37,40)(H,43,44)(H4,33,34,36)(H,48,49,50)/b38-18+. The van der Waals surface area contributed by atoms with Crippen LogP contribution in [0.15, 0.2) is 75.8 Å². The number of guanidine groups is 1. The van der Waals surface area contributed by atoms with Crippen molar-refractivity contribution in [3.8, 4) is 0 Å². The van der Waals surface area contributed by atoms with Crippen molar-refractivity contribution < 1.29 is 37.3 Å². The number of carbonyl (C=O) groups excluding carboxylic acids is 3. The monoisotopic (exact) mass is 722 g/mol. The maximum absolute atomic E-state index is 13.4. The number of amides is 3. The van der Waals surface area contributed by atoms with Crippen molar-refractivity contribution in [2.75, 3.05) is 44.0 Å². The smallest absolute Gasteiger partial charge is 0.305 e. The number of aliphatic carboxylic acids is 1. The molecule has 0 saturated carbocycles. The van der Waals surface area contributed by atoms with Gasteiger partial charge in [0.2, 0.25) is 5.91 Å². The van der Waals surface area contributed by atoms with E-state index in [1.807, 2.05) is 0 Å². The van der Waals surface area contributed by atoms with Crippen molar-refractivity contribution in [1.29, 1.82) is 0 Å². The summed E-state index contributed by atoms with van der Waals surface area (Å²) in [7, 11) is -2.83. The molecule has 2 aromatic carbocycles. The predicted octanol–water partition coefficient (Wildman–Crippen LogP) is 0.537. The fraction of sp³-hybridized carbons (Fsp3) is 0.281. The van der Waals surface area contributed by atoms with Crippen LogP contribution in [-0.2, 0) is 26.3 Å². The number of carboxylic acid groups (broad SMARTS) is 1. The van der Waals surface area contributed by atoms with E-state index >= 15 is 0 Å². The molecule has 0 saturated heterocycles. The summed E-state index contributed by atoms with van der Waals surface area (Å²) < 4.78 is 32.4. The van der Waals surface area contributed by atoms with Crippen molar-refractivity contribution in [1.82, 2.24) is 20.1 Å². The Morgan fingerprint density at radius 3 is 2.57 bits per heavy atom. The van der Waals surface area contributed by atoms with E-state index in [0.29, 0.717) is 23.2 Å². The number of fused-ring (bicyclic) bond motifs is 1. The first-order chi connectivity index (χ1) is 24.2. The van der Waals surface area contributed by atoms with E-state index in [1.165, 1.54) is 52.5 Å². The highest BCUT2D eigenvalue weighted by Crippen LogP contribution is 2.26. The molecule has 1 aromatic heterocycles. The van der Waals surface area contributed by atoms with Crippen LogP contribution >= 0.6 is 0 Å². The SMILES string of the molecule is CN(CCN=C(N)N)C(=O)c1ccc2c(c1)CN(CCCNC(=O)c1ccc(N/N=C/c3ccccc3S(=O)(=O)O)nc1)C(=O)C(CC(=O)O)N2. The number of anilines is 2. The number of carbonyl (C=O) groups is 4. The zero-order valence-corrected chi connectivity index (χ0v) is 28.3. The second kappa shape index (κ2) is 17.0. The highest BCUT2D eigenvalue weighted by atomic mass is 32.2. The fourth-order valence-corrected chi connectivity index (χ4v) is 5.73. The van der Waals surface area contributed by atoms with Crippen LogP contribution in [0.5, 0.6) is 0 Å². The van der Waals surface area contributed by atoms with Crippen LogP contribution in [0.1, 0.15) is 44.7 Å². The Balaban J connectivity index is 1.34. The number of aromatic nitrogens is 1. The third-order valence-corrected chi connectivity index (χ3v) is 8.53. The van der Waals surface area contributed by atoms with Gasteiger partial charge < -0.3 is 37.0 Å².